The van der Waals surface area contributed by atoms with Crippen molar-refractivity contribution >= 4 is 11.6 Å². The molecule has 0 fully saturated rings. The molecule has 0 unspecified atom stereocenters. The van der Waals surface area contributed by atoms with Crippen LogP contribution in [0.25, 0.3) is 11.1 Å². The van der Waals surface area contributed by atoms with Crippen molar-refractivity contribution in [1.82, 2.24) is 4.90 Å². The van der Waals surface area contributed by atoms with E-state index in [1.807, 2.05) is 73.5 Å². The number of rotatable bonds is 7. The largest absolute Gasteiger partial charge is 0.494 e. The van der Waals surface area contributed by atoms with Crippen molar-refractivity contribution < 1.29 is 13.9 Å². The van der Waals surface area contributed by atoms with E-state index in [1.165, 1.54) is 13.2 Å². The molecule has 150 valence electrons. The van der Waals surface area contributed by atoms with Gasteiger partial charge in [0.15, 0.2) is 11.6 Å². The molecule has 3 aromatic carbocycles. The molecule has 4 nitrogen and oxygen atoms in total. The fourth-order valence-electron chi connectivity index (χ4n) is 3.13. The van der Waals surface area contributed by atoms with Crippen LogP contribution in [0, 0.1) is 5.82 Å². The van der Waals surface area contributed by atoms with E-state index < -0.39 is 11.9 Å². The molecule has 29 heavy (non-hydrogen) atoms. The van der Waals surface area contributed by atoms with Crippen LogP contribution < -0.4 is 10.1 Å². The monoisotopic (exact) mass is 392 g/mol. The van der Waals surface area contributed by atoms with Gasteiger partial charge in [0.1, 0.15) is 0 Å². The highest BCUT2D eigenvalue weighted by Crippen LogP contribution is 2.28. The van der Waals surface area contributed by atoms with Gasteiger partial charge in [-0.2, -0.15) is 0 Å². The second-order valence-corrected chi connectivity index (χ2v) is 6.96. The van der Waals surface area contributed by atoms with Gasteiger partial charge in [0.2, 0.25) is 5.91 Å². The highest BCUT2D eigenvalue weighted by Gasteiger charge is 2.20. The summed E-state index contributed by atoms with van der Waals surface area (Å²) >= 11 is 0. The van der Waals surface area contributed by atoms with Crippen LogP contribution in [0.2, 0.25) is 0 Å². The lowest BCUT2D eigenvalue weighted by Gasteiger charge is -2.24. The summed E-state index contributed by atoms with van der Waals surface area (Å²) in [5.74, 6) is -0.322. The van der Waals surface area contributed by atoms with E-state index in [0.717, 1.165) is 22.4 Å². The Balaban J connectivity index is 1.70. The summed E-state index contributed by atoms with van der Waals surface area (Å²) in [6, 6.07) is 22.1. The van der Waals surface area contributed by atoms with Crippen molar-refractivity contribution in [2.24, 2.45) is 0 Å². The summed E-state index contributed by atoms with van der Waals surface area (Å²) in [4.78, 5) is 14.7. The lowest BCUT2D eigenvalue weighted by molar-refractivity contribution is -0.120. The van der Waals surface area contributed by atoms with Crippen LogP contribution in [0.1, 0.15) is 12.5 Å². The SMILES string of the molecule is COc1ccc(CN(C)[C@@H](C)C(=O)Nc2ccccc2-c2ccccc2)cc1F. The second kappa shape index (κ2) is 9.34. The van der Waals surface area contributed by atoms with Crippen LogP contribution in [-0.4, -0.2) is 31.0 Å². The van der Waals surface area contributed by atoms with Gasteiger partial charge in [0.05, 0.1) is 13.2 Å². The third kappa shape index (κ3) is 5.00. The topological polar surface area (TPSA) is 41.6 Å². The first kappa shape index (κ1) is 20.6. The summed E-state index contributed by atoms with van der Waals surface area (Å²) in [6.07, 6.45) is 0. The fourth-order valence-corrected chi connectivity index (χ4v) is 3.13. The van der Waals surface area contributed by atoms with Crippen molar-refractivity contribution in [3.63, 3.8) is 0 Å². The standard InChI is InChI=1S/C24H25FN2O2/c1-17(27(2)16-18-13-14-23(29-3)21(25)15-18)24(28)26-22-12-8-7-11-20(22)19-9-5-4-6-10-19/h4-15,17H,16H2,1-3H3,(H,26,28)/t17-/m0/s1. The average Bonchev–Trinajstić information content (AvgIpc) is 2.74. The molecule has 1 N–H and O–H groups in total. The Kier molecular flexibility index (Phi) is 6.62. The molecule has 0 bridgehead atoms. The number of methoxy groups -OCH3 is 1. The number of carbonyl (C=O) groups excluding carboxylic acids is 1. The van der Waals surface area contributed by atoms with Crippen molar-refractivity contribution in [2.75, 3.05) is 19.5 Å². The maximum atomic E-state index is 13.9. The number of nitrogens with zero attached hydrogens (tertiary/aromatic N) is 1. The van der Waals surface area contributed by atoms with Gasteiger partial charge in [0.25, 0.3) is 0 Å². The normalized spacial score (nSPS) is 11.9. The molecular formula is C24H25FN2O2. The molecule has 1 atom stereocenters. The molecule has 0 saturated carbocycles. The Morgan fingerprint density at radius 3 is 2.45 bits per heavy atom. The predicted molar refractivity (Wildman–Crippen MR) is 114 cm³/mol. The predicted octanol–water partition coefficient (Wildman–Crippen LogP) is 4.96. The Labute approximate surface area is 170 Å². The molecule has 3 aromatic rings. The van der Waals surface area contributed by atoms with E-state index in [0.29, 0.717) is 6.54 Å². The number of carbonyl (C=O) groups is 1. The van der Waals surface area contributed by atoms with Crippen LogP contribution >= 0.6 is 0 Å². The molecule has 3 rings (SSSR count). The molecule has 0 radical (unpaired) electrons. The molecule has 0 spiro atoms. The van der Waals surface area contributed by atoms with Gasteiger partial charge in [-0.3, -0.25) is 9.69 Å². The summed E-state index contributed by atoms with van der Waals surface area (Å²) in [6.45, 7) is 2.27. The highest BCUT2D eigenvalue weighted by atomic mass is 19.1. The second-order valence-electron chi connectivity index (χ2n) is 6.96. The first-order valence-corrected chi connectivity index (χ1v) is 9.47. The maximum absolute atomic E-state index is 13.9. The number of nitrogens with one attached hydrogen (secondary N) is 1. The number of hydrogen-bond acceptors (Lipinski definition) is 3. The van der Waals surface area contributed by atoms with E-state index >= 15 is 0 Å². The van der Waals surface area contributed by atoms with Crippen molar-refractivity contribution in [3.8, 4) is 16.9 Å². The third-order valence-corrected chi connectivity index (χ3v) is 4.96. The molecule has 0 aliphatic rings. The zero-order chi connectivity index (χ0) is 20.8. The third-order valence-electron chi connectivity index (χ3n) is 4.96. The molecular weight excluding hydrogens is 367 g/mol. The van der Waals surface area contributed by atoms with Crippen LogP contribution in [0.4, 0.5) is 10.1 Å². The fraction of sp³-hybridized carbons (Fsp3) is 0.208. The first-order valence-electron chi connectivity index (χ1n) is 9.47. The minimum absolute atomic E-state index is 0.120. The zero-order valence-electron chi connectivity index (χ0n) is 16.9. The van der Waals surface area contributed by atoms with E-state index in [1.54, 1.807) is 12.1 Å². The van der Waals surface area contributed by atoms with Crippen LogP contribution in [0.15, 0.2) is 72.8 Å². The average molecular weight is 392 g/mol. The minimum Gasteiger partial charge on any atom is -0.494 e. The lowest BCUT2D eigenvalue weighted by atomic mass is 10.0. The van der Waals surface area contributed by atoms with Gasteiger partial charge in [0, 0.05) is 17.8 Å². The van der Waals surface area contributed by atoms with Gasteiger partial charge in [-0.05, 0) is 43.3 Å². The Morgan fingerprint density at radius 1 is 1.07 bits per heavy atom. The van der Waals surface area contributed by atoms with Crippen LogP contribution in [-0.2, 0) is 11.3 Å². The summed E-state index contributed by atoms with van der Waals surface area (Å²) in [5.41, 5.74) is 3.54. The number of likely N-dealkylation sites (N-methyl/N-ethyl adjacent to an activating group) is 1. The van der Waals surface area contributed by atoms with Crippen LogP contribution in [0.3, 0.4) is 0 Å². The first-order chi connectivity index (χ1) is 14.0. The number of amides is 1. The number of hydrogen-bond donors (Lipinski definition) is 1. The molecule has 1 amide bonds. The lowest BCUT2D eigenvalue weighted by Crippen LogP contribution is -2.39. The van der Waals surface area contributed by atoms with Crippen molar-refractivity contribution in [2.45, 2.75) is 19.5 Å². The molecule has 0 aliphatic carbocycles. The number of para-hydroxylation sites is 1. The molecule has 0 aromatic heterocycles. The van der Waals surface area contributed by atoms with Gasteiger partial charge < -0.3 is 10.1 Å². The zero-order valence-corrected chi connectivity index (χ0v) is 16.9. The van der Waals surface area contributed by atoms with Gasteiger partial charge in [-0.1, -0.05) is 54.6 Å². The van der Waals surface area contributed by atoms with Gasteiger partial charge >= 0.3 is 0 Å². The number of benzene rings is 3. The Hall–Kier alpha value is -3.18. The Bertz CT molecular complexity index is 976. The highest BCUT2D eigenvalue weighted by molar-refractivity contribution is 5.98. The smallest absolute Gasteiger partial charge is 0.241 e. The van der Waals surface area contributed by atoms with Crippen LogP contribution in [0.5, 0.6) is 5.75 Å². The number of anilines is 1. The van der Waals surface area contributed by atoms with Crippen molar-refractivity contribution in [1.29, 1.82) is 0 Å². The summed E-state index contributed by atoms with van der Waals surface area (Å²) in [5, 5.41) is 3.03. The Morgan fingerprint density at radius 2 is 1.76 bits per heavy atom. The molecule has 0 saturated heterocycles. The number of ether oxygens (including phenoxy) is 1. The molecule has 0 aliphatic heterocycles. The van der Waals surface area contributed by atoms with Gasteiger partial charge in [-0.15, -0.1) is 0 Å². The summed E-state index contributed by atoms with van der Waals surface area (Å²) < 4.78 is 18.9. The van der Waals surface area contributed by atoms with E-state index in [-0.39, 0.29) is 11.7 Å². The molecule has 0 heterocycles. The van der Waals surface area contributed by atoms with Crippen molar-refractivity contribution in [3.05, 3.63) is 84.2 Å². The van der Waals surface area contributed by atoms with E-state index in [2.05, 4.69) is 5.32 Å². The number of halogens is 1. The van der Waals surface area contributed by atoms with E-state index in [9.17, 15) is 9.18 Å². The van der Waals surface area contributed by atoms with E-state index in [4.69, 9.17) is 4.74 Å². The van der Waals surface area contributed by atoms with Gasteiger partial charge in [-0.25, -0.2) is 4.39 Å². The summed E-state index contributed by atoms with van der Waals surface area (Å²) in [7, 11) is 3.28. The maximum Gasteiger partial charge on any atom is 0.241 e. The quantitative estimate of drug-likeness (QED) is 0.618. The molecule has 5 heteroatoms. The minimum atomic E-state index is -0.410.